The maximum atomic E-state index is 13.2. The highest BCUT2D eigenvalue weighted by atomic mass is 32.1. The zero-order valence-corrected chi connectivity index (χ0v) is 19.8. The van der Waals surface area contributed by atoms with Crippen molar-refractivity contribution in [3.05, 3.63) is 77.2 Å². The summed E-state index contributed by atoms with van der Waals surface area (Å²) in [6.07, 6.45) is 0.411. The molecule has 2 aromatic heterocycles. The molecular formula is C26H25N5O2S. The van der Waals surface area contributed by atoms with Gasteiger partial charge in [-0.05, 0) is 24.0 Å². The molecule has 34 heavy (non-hydrogen) atoms. The molecule has 0 aliphatic rings. The van der Waals surface area contributed by atoms with E-state index in [2.05, 4.69) is 15.7 Å². The number of benzene rings is 2. The SMILES string of the molecule is C[C@@H](C[C@H](NC(=O)c1cc2c(-c3ccccc3)nn(C)c2s1)C(=O)NCC#N)c1ccccc1. The lowest BCUT2D eigenvalue weighted by atomic mass is 9.93. The highest BCUT2D eigenvalue weighted by molar-refractivity contribution is 7.20. The summed E-state index contributed by atoms with van der Waals surface area (Å²) in [4.78, 5) is 27.4. The molecule has 0 radical (unpaired) electrons. The van der Waals surface area contributed by atoms with Crippen LogP contribution in [-0.4, -0.2) is 34.2 Å². The molecule has 2 amide bonds. The summed E-state index contributed by atoms with van der Waals surface area (Å²) in [5.41, 5.74) is 2.87. The van der Waals surface area contributed by atoms with Gasteiger partial charge in [-0.3, -0.25) is 14.3 Å². The van der Waals surface area contributed by atoms with Gasteiger partial charge in [0, 0.05) is 18.0 Å². The second-order valence-corrected chi connectivity index (χ2v) is 9.15. The van der Waals surface area contributed by atoms with Crippen LogP contribution in [0.2, 0.25) is 0 Å². The molecule has 2 heterocycles. The largest absolute Gasteiger partial charge is 0.341 e. The molecule has 0 spiro atoms. The van der Waals surface area contributed by atoms with Gasteiger partial charge < -0.3 is 10.6 Å². The van der Waals surface area contributed by atoms with E-state index in [-0.39, 0.29) is 24.3 Å². The Bertz CT molecular complexity index is 1340. The van der Waals surface area contributed by atoms with Crippen molar-refractivity contribution in [2.45, 2.75) is 25.3 Å². The predicted molar refractivity (Wildman–Crippen MR) is 133 cm³/mol. The number of nitrogens with one attached hydrogen (secondary N) is 2. The number of thiophene rings is 1. The van der Waals surface area contributed by atoms with Gasteiger partial charge in [0.2, 0.25) is 5.91 Å². The van der Waals surface area contributed by atoms with E-state index in [9.17, 15) is 9.59 Å². The van der Waals surface area contributed by atoms with E-state index in [1.807, 2.05) is 86.8 Å². The molecule has 4 rings (SSSR count). The first kappa shape index (κ1) is 23.2. The normalized spacial score (nSPS) is 12.6. The predicted octanol–water partition coefficient (Wildman–Crippen LogP) is 4.23. The van der Waals surface area contributed by atoms with Crippen molar-refractivity contribution in [2.75, 3.05) is 6.54 Å². The van der Waals surface area contributed by atoms with Crippen LogP contribution in [0.15, 0.2) is 66.7 Å². The average molecular weight is 472 g/mol. The summed E-state index contributed by atoms with van der Waals surface area (Å²) in [6, 6.07) is 22.6. The van der Waals surface area contributed by atoms with Gasteiger partial charge in [0.05, 0.1) is 10.9 Å². The first-order chi connectivity index (χ1) is 16.5. The minimum absolute atomic E-state index is 0.0376. The first-order valence-corrected chi connectivity index (χ1v) is 11.8. The van der Waals surface area contributed by atoms with Gasteiger partial charge in [0.25, 0.3) is 5.91 Å². The first-order valence-electron chi connectivity index (χ1n) is 11.0. The number of aromatic nitrogens is 2. The van der Waals surface area contributed by atoms with Gasteiger partial charge >= 0.3 is 0 Å². The van der Waals surface area contributed by atoms with E-state index in [4.69, 9.17) is 5.26 Å². The number of hydrogen-bond acceptors (Lipinski definition) is 5. The van der Waals surface area contributed by atoms with Gasteiger partial charge in [-0.15, -0.1) is 11.3 Å². The smallest absolute Gasteiger partial charge is 0.262 e. The van der Waals surface area contributed by atoms with Crippen LogP contribution in [0.3, 0.4) is 0 Å². The fourth-order valence-electron chi connectivity index (χ4n) is 3.94. The molecular weight excluding hydrogens is 446 g/mol. The van der Waals surface area contributed by atoms with Crippen molar-refractivity contribution in [1.29, 1.82) is 5.26 Å². The van der Waals surface area contributed by atoms with Gasteiger partial charge in [-0.1, -0.05) is 67.6 Å². The van der Waals surface area contributed by atoms with Crippen molar-refractivity contribution in [3.63, 3.8) is 0 Å². The maximum Gasteiger partial charge on any atom is 0.262 e. The number of nitrogens with zero attached hydrogens (tertiary/aromatic N) is 3. The van der Waals surface area contributed by atoms with Gasteiger partial charge in [0.15, 0.2) is 0 Å². The molecule has 2 aromatic carbocycles. The van der Waals surface area contributed by atoms with Crippen molar-refractivity contribution >= 4 is 33.4 Å². The number of carbonyl (C=O) groups excluding carboxylic acids is 2. The molecule has 0 aliphatic carbocycles. The molecule has 2 N–H and O–H groups in total. The zero-order valence-electron chi connectivity index (χ0n) is 19.0. The van der Waals surface area contributed by atoms with Crippen LogP contribution in [0.25, 0.3) is 21.5 Å². The van der Waals surface area contributed by atoms with Crippen molar-refractivity contribution in [2.24, 2.45) is 7.05 Å². The molecule has 8 heteroatoms. The summed E-state index contributed by atoms with van der Waals surface area (Å²) in [6.45, 7) is 1.91. The van der Waals surface area contributed by atoms with Crippen LogP contribution in [0, 0.1) is 11.3 Å². The van der Waals surface area contributed by atoms with Crippen molar-refractivity contribution in [3.8, 4) is 17.3 Å². The molecule has 0 aliphatic heterocycles. The number of rotatable bonds is 8. The molecule has 0 unspecified atom stereocenters. The Balaban J connectivity index is 1.58. The lowest BCUT2D eigenvalue weighted by Crippen LogP contribution is -2.47. The molecule has 172 valence electrons. The number of amides is 2. The Morgan fingerprint density at radius 2 is 1.79 bits per heavy atom. The Morgan fingerprint density at radius 3 is 2.47 bits per heavy atom. The molecule has 7 nitrogen and oxygen atoms in total. The maximum absolute atomic E-state index is 13.2. The van der Waals surface area contributed by atoms with Crippen LogP contribution < -0.4 is 10.6 Å². The van der Waals surface area contributed by atoms with Crippen LogP contribution in [-0.2, 0) is 11.8 Å². The molecule has 2 atom stereocenters. The second-order valence-electron chi connectivity index (χ2n) is 8.12. The van der Waals surface area contributed by atoms with Crippen LogP contribution in [0.4, 0.5) is 0 Å². The Kier molecular flexibility index (Phi) is 7.04. The summed E-state index contributed by atoms with van der Waals surface area (Å²) < 4.78 is 1.77. The summed E-state index contributed by atoms with van der Waals surface area (Å²) in [5.74, 6) is -0.654. The van der Waals surface area contributed by atoms with Crippen molar-refractivity contribution in [1.82, 2.24) is 20.4 Å². The number of nitriles is 1. The third-order valence-electron chi connectivity index (χ3n) is 5.70. The lowest BCUT2D eigenvalue weighted by Gasteiger charge is -2.21. The molecule has 0 fully saturated rings. The zero-order chi connectivity index (χ0) is 24.1. The Morgan fingerprint density at radius 1 is 1.12 bits per heavy atom. The van der Waals surface area contributed by atoms with E-state index < -0.39 is 6.04 Å². The fraction of sp³-hybridized carbons (Fsp3) is 0.231. The minimum Gasteiger partial charge on any atom is -0.341 e. The third-order valence-corrected chi connectivity index (χ3v) is 6.90. The molecule has 0 saturated heterocycles. The van der Waals surface area contributed by atoms with Crippen molar-refractivity contribution < 1.29 is 9.59 Å². The lowest BCUT2D eigenvalue weighted by molar-refractivity contribution is -0.123. The molecule has 4 aromatic rings. The van der Waals surface area contributed by atoms with E-state index in [1.54, 1.807) is 4.68 Å². The monoisotopic (exact) mass is 471 g/mol. The highest BCUT2D eigenvalue weighted by Crippen LogP contribution is 2.33. The third kappa shape index (κ3) is 5.00. The van der Waals surface area contributed by atoms with E-state index in [1.165, 1.54) is 11.3 Å². The Labute approximate surface area is 202 Å². The summed E-state index contributed by atoms with van der Waals surface area (Å²) >= 11 is 1.34. The quantitative estimate of drug-likeness (QED) is 0.376. The highest BCUT2D eigenvalue weighted by Gasteiger charge is 2.26. The van der Waals surface area contributed by atoms with Gasteiger partial charge in [-0.25, -0.2) is 0 Å². The summed E-state index contributed by atoms with van der Waals surface area (Å²) in [7, 11) is 1.85. The fourth-order valence-corrected chi connectivity index (χ4v) is 4.92. The molecule has 0 saturated carbocycles. The van der Waals surface area contributed by atoms with Crippen LogP contribution in [0.5, 0.6) is 0 Å². The molecule has 0 bridgehead atoms. The van der Waals surface area contributed by atoms with E-state index in [0.717, 1.165) is 27.0 Å². The summed E-state index contributed by atoms with van der Waals surface area (Å²) in [5, 5.41) is 19.8. The van der Waals surface area contributed by atoms with Gasteiger partial charge in [0.1, 0.15) is 23.1 Å². The van der Waals surface area contributed by atoms with Crippen LogP contribution >= 0.6 is 11.3 Å². The minimum atomic E-state index is -0.770. The van der Waals surface area contributed by atoms with E-state index in [0.29, 0.717) is 11.3 Å². The van der Waals surface area contributed by atoms with Crippen LogP contribution in [0.1, 0.15) is 34.5 Å². The number of aryl methyl sites for hydroxylation is 1. The Hall–Kier alpha value is -3.96. The number of hydrogen-bond donors (Lipinski definition) is 2. The van der Waals surface area contributed by atoms with Gasteiger partial charge in [-0.2, -0.15) is 10.4 Å². The number of carbonyl (C=O) groups is 2. The van der Waals surface area contributed by atoms with E-state index >= 15 is 0 Å². The average Bonchev–Trinajstić information content (AvgIpc) is 3.43. The standard InChI is InChI=1S/C26H25N5O2S/c1-17(18-9-5-3-6-10-18)15-21(24(32)28-14-13-27)29-25(33)22-16-20-23(19-11-7-4-8-12-19)30-31(2)26(20)34-22/h3-12,16-17,21H,14-15H2,1-2H3,(H,28,32)(H,29,33)/t17-,21-/m0/s1. The number of fused-ring (bicyclic) bond motifs is 1. The topological polar surface area (TPSA) is 99.8 Å². The second kappa shape index (κ2) is 10.3.